The van der Waals surface area contributed by atoms with Gasteiger partial charge >= 0.3 is 0 Å². The zero-order valence-corrected chi connectivity index (χ0v) is 12.6. The van der Waals surface area contributed by atoms with Gasteiger partial charge in [-0.05, 0) is 55.9 Å². The van der Waals surface area contributed by atoms with Crippen molar-refractivity contribution >= 4 is 5.91 Å². The minimum atomic E-state index is -0.172. The minimum absolute atomic E-state index is 0.0414. The van der Waals surface area contributed by atoms with Crippen LogP contribution in [0.4, 0.5) is 0 Å². The lowest BCUT2D eigenvalue weighted by Crippen LogP contribution is -2.50. The molecule has 2 aromatic rings. The van der Waals surface area contributed by atoms with Gasteiger partial charge in [-0.1, -0.05) is 42.5 Å². The van der Waals surface area contributed by atoms with Crippen molar-refractivity contribution in [3.63, 3.8) is 0 Å². The van der Waals surface area contributed by atoms with Crippen molar-refractivity contribution in [3.05, 3.63) is 70.8 Å². The van der Waals surface area contributed by atoms with Crippen LogP contribution < -0.4 is 5.32 Å². The average molecular weight is 279 g/mol. The van der Waals surface area contributed by atoms with Gasteiger partial charge in [0.25, 0.3) is 5.91 Å². The second-order valence-electron chi connectivity index (χ2n) is 6.00. The van der Waals surface area contributed by atoms with Gasteiger partial charge in [-0.2, -0.15) is 0 Å². The van der Waals surface area contributed by atoms with Crippen LogP contribution in [-0.2, 0) is 5.54 Å². The minimum Gasteiger partial charge on any atom is -0.343 e. The first-order chi connectivity index (χ1) is 10.1. The number of benzene rings is 2. The monoisotopic (exact) mass is 279 g/mol. The van der Waals surface area contributed by atoms with Crippen LogP contribution in [0.25, 0.3) is 0 Å². The van der Waals surface area contributed by atoms with E-state index >= 15 is 0 Å². The van der Waals surface area contributed by atoms with E-state index in [1.54, 1.807) is 0 Å². The van der Waals surface area contributed by atoms with E-state index in [1.807, 2.05) is 50.2 Å². The Hall–Kier alpha value is -2.09. The summed E-state index contributed by atoms with van der Waals surface area (Å²) >= 11 is 0. The molecule has 3 rings (SSSR count). The molecule has 108 valence electrons. The molecular weight excluding hydrogens is 258 g/mol. The first-order valence-electron chi connectivity index (χ1n) is 7.57. The second kappa shape index (κ2) is 5.36. The van der Waals surface area contributed by atoms with Crippen molar-refractivity contribution in [3.8, 4) is 0 Å². The molecule has 2 heteroatoms. The molecule has 1 aliphatic rings. The van der Waals surface area contributed by atoms with Gasteiger partial charge < -0.3 is 5.32 Å². The normalized spacial score (nSPS) is 16.1. The summed E-state index contributed by atoms with van der Waals surface area (Å²) in [6.45, 7) is 4.06. The van der Waals surface area contributed by atoms with E-state index in [0.717, 1.165) is 29.5 Å². The molecule has 0 bridgehead atoms. The standard InChI is InChI=1S/C19H21NO/c1-14-8-6-11-17(15(14)2)18(21)20-19(12-7-13-19)16-9-4-3-5-10-16/h3-6,8-11H,7,12-13H2,1-2H3,(H,20,21). The van der Waals surface area contributed by atoms with Gasteiger partial charge in [-0.3, -0.25) is 4.79 Å². The summed E-state index contributed by atoms with van der Waals surface area (Å²) in [7, 11) is 0. The van der Waals surface area contributed by atoms with Gasteiger partial charge in [0.2, 0.25) is 0 Å². The lowest BCUT2D eigenvalue weighted by atomic mass is 9.71. The highest BCUT2D eigenvalue weighted by atomic mass is 16.1. The van der Waals surface area contributed by atoms with Gasteiger partial charge in [0.1, 0.15) is 0 Å². The molecule has 1 saturated carbocycles. The molecule has 0 spiro atoms. The van der Waals surface area contributed by atoms with E-state index in [2.05, 4.69) is 17.4 Å². The van der Waals surface area contributed by atoms with Crippen molar-refractivity contribution < 1.29 is 4.79 Å². The number of aryl methyl sites for hydroxylation is 1. The SMILES string of the molecule is Cc1cccc(C(=O)NC2(c3ccccc3)CCC2)c1C. The molecule has 1 N–H and O–H groups in total. The van der Waals surface area contributed by atoms with Crippen LogP contribution >= 0.6 is 0 Å². The van der Waals surface area contributed by atoms with E-state index < -0.39 is 0 Å². The number of carbonyl (C=O) groups is 1. The zero-order chi connectivity index (χ0) is 14.9. The van der Waals surface area contributed by atoms with Crippen LogP contribution in [0.3, 0.4) is 0 Å². The van der Waals surface area contributed by atoms with E-state index in [1.165, 1.54) is 12.0 Å². The molecule has 21 heavy (non-hydrogen) atoms. The molecule has 2 aromatic carbocycles. The summed E-state index contributed by atoms with van der Waals surface area (Å²) in [5.74, 6) is 0.0414. The summed E-state index contributed by atoms with van der Waals surface area (Å²) in [4.78, 5) is 12.7. The summed E-state index contributed by atoms with van der Waals surface area (Å²) in [5.41, 5.74) is 4.06. The second-order valence-corrected chi connectivity index (χ2v) is 6.00. The lowest BCUT2D eigenvalue weighted by Gasteiger charge is -2.43. The first kappa shape index (κ1) is 13.9. The van der Waals surface area contributed by atoms with E-state index in [9.17, 15) is 4.79 Å². The molecule has 2 nitrogen and oxygen atoms in total. The Balaban J connectivity index is 1.88. The van der Waals surface area contributed by atoms with Crippen molar-refractivity contribution in [1.29, 1.82) is 0 Å². The largest absolute Gasteiger partial charge is 0.343 e. The number of hydrogen-bond acceptors (Lipinski definition) is 1. The molecule has 0 atom stereocenters. The summed E-state index contributed by atoms with van der Waals surface area (Å²) in [6.07, 6.45) is 3.21. The maximum atomic E-state index is 12.7. The molecule has 1 amide bonds. The van der Waals surface area contributed by atoms with Gasteiger partial charge in [0.15, 0.2) is 0 Å². The maximum Gasteiger partial charge on any atom is 0.252 e. The van der Waals surface area contributed by atoms with Crippen LogP contribution in [0, 0.1) is 13.8 Å². The molecule has 0 aromatic heterocycles. The molecular formula is C19H21NO. The predicted molar refractivity (Wildman–Crippen MR) is 85.4 cm³/mol. The van der Waals surface area contributed by atoms with Crippen LogP contribution in [0.15, 0.2) is 48.5 Å². The summed E-state index contributed by atoms with van der Waals surface area (Å²) in [5, 5.41) is 3.29. The highest BCUT2D eigenvalue weighted by Gasteiger charge is 2.40. The molecule has 0 heterocycles. The van der Waals surface area contributed by atoms with Gasteiger partial charge in [-0.15, -0.1) is 0 Å². The third-order valence-corrected chi connectivity index (χ3v) is 4.74. The molecule has 1 aliphatic carbocycles. The summed E-state index contributed by atoms with van der Waals surface area (Å²) < 4.78 is 0. The Morgan fingerprint density at radius 1 is 1.00 bits per heavy atom. The van der Waals surface area contributed by atoms with Crippen LogP contribution in [-0.4, -0.2) is 5.91 Å². The number of nitrogens with one attached hydrogen (secondary N) is 1. The van der Waals surface area contributed by atoms with Crippen LogP contribution in [0.1, 0.15) is 46.3 Å². The molecule has 0 aliphatic heterocycles. The lowest BCUT2D eigenvalue weighted by molar-refractivity contribution is 0.0822. The molecule has 1 fully saturated rings. The molecule has 0 saturated heterocycles. The number of carbonyl (C=O) groups excluding carboxylic acids is 1. The Bertz CT molecular complexity index is 657. The van der Waals surface area contributed by atoms with E-state index in [0.29, 0.717) is 0 Å². The predicted octanol–water partition coefficient (Wildman–Crippen LogP) is 4.11. The fraction of sp³-hybridized carbons (Fsp3) is 0.316. The van der Waals surface area contributed by atoms with Crippen molar-refractivity contribution in [2.75, 3.05) is 0 Å². The Kier molecular flexibility index (Phi) is 3.54. The zero-order valence-electron chi connectivity index (χ0n) is 12.6. The molecule has 0 radical (unpaired) electrons. The maximum absolute atomic E-state index is 12.7. The number of rotatable bonds is 3. The molecule has 0 unspecified atom stereocenters. The Morgan fingerprint density at radius 2 is 1.71 bits per heavy atom. The Labute approximate surface area is 126 Å². The van der Waals surface area contributed by atoms with Crippen molar-refractivity contribution in [2.24, 2.45) is 0 Å². The van der Waals surface area contributed by atoms with E-state index in [-0.39, 0.29) is 11.4 Å². The quantitative estimate of drug-likeness (QED) is 0.900. The number of amides is 1. The van der Waals surface area contributed by atoms with Gasteiger partial charge in [-0.25, -0.2) is 0 Å². The van der Waals surface area contributed by atoms with Crippen molar-refractivity contribution in [1.82, 2.24) is 5.32 Å². The average Bonchev–Trinajstić information content (AvgIpc) is 2.46. The highest BCUT2D eigenvalue weighted by Crippen LogP contribution is 2.41. The smallest absolute Gasteiger partial charge is 0.252 e. The number of hydrogen-bond donors (Lipinski definition) is 1. The Morgan fingerprint density at radius 3 is 2.33 bits per heavy atom. The van der Waals surface area contributed by atoms with E-state index in [4.69, 9.17) is 0 Å². The third kappa shape index (κ3) is 2.46. The highest BCUT2D eigenvalue weighted by molar-refractivity contribution is 5.96. The fourth-order valence-corrected chi connectivity index (χ4v) is 3.06. The van der Waals surface area contributed by atoms with Gasteiger partial charge in [0.05, 0.1) is 5.54 Å². The summed E-state index contributed by atoms with van der Waals surface area (Å²) in [6, 6.07) is 16.2. The van der Waals surface area contributed by atoms with Gasteiger partial charge in [0, 0.05) is 5.56 Å². The van der Waals surface area contributed by atoms with Crippen molar-refractivity contribution in [2.45, 2.75) is 38.6 Å². The van der Waals surface area contributed by atoms with Crippen LogP contribution in [0.2, 0.25) is 0 Å². The fourth-order valence-electron chi connectivity index (χ4n) is 3.06. The topological polar surface area (TPSA) is 29.1 Å². The third-order valence-electron chi connectivity index (χ3n) is 4.74. The first-order valence-corrected chi connectivity index (χ1v) is 7.57. The van der Waals surface area contributed by atoms with Crippen LogP contribution in [0.5, 0.6) is 0 Å².